The number of amides is 1. The number of benzene rings is 1. The van der Waals surface area contributed by atoms with Crippen LogP contribution in [0.3, 0.4) is 0 Å². The summed E-state index contributed by atoms with van der Waals surface area (Å²) in [6.07, 6.45) is 1.04. The van der Waals surface area contributed by atoms with Gasteiger partial charge in [0.05, 0.1) is 5.92 Å². The smallest absolute Gasteiger partial charge is 0.308 e. The number of carboxylic acid groups (broad SMARTS) is 1. The van der Waals surface area contributed by atoms with Crippen molar-refractivity contribution in [2.45, 2.75) is 46.6 Å². The fourth-order valence-corrected chi connectivity index (χ4v) is 2.14. The molecule has 0 aliphatic heterocycles. The molecule has 0 bridgehead atoms. The normalized spacial score (nSPS) is 13.6. The van der Waals surface area contributed by atoms with E-state index in [2.05, 4.69) is 23.5 Å². The molecule has 2 unspecified atom stereocenters. The molecule has 1 amide bonds. The van der Waals surface area contributed by atoms with Gasteiger partial charge in [0.1, 0.15) is 0 Å². The molecule has 0 fully saturated rings. The fourth-order valence-electron chi connectivity index (χ4n) is 2.14. The van der Waals surface area contributed by atoms with Gasteiger partial charge in [-0.2, -0.15) is 0 Å². The Labute approximate surface area is 120 Å². The minimum absolute atomic E-state index is 0.107. The van der Waals surface area contributed by atoms with Gasteiger partial charge in [-0.25, -0.2) is 0 Å². The van der Waals surface area contributed by atoms with Crippen molar-refractivity contribution >= 4 is 11.9 Å². The minimum atomic E-state index is -0.896. The first-order chi connectivity index (χ1) is 9.29. The van der Waals surface area contributed by atoms with Crippen molar-refractivity contribution in [2.24, 2.45) is 5.92 Å². The van der Waals surface area contributed by atoms with Crippen LogP contribution >= 0.6 is 0 Å². The van der Waals surface area contributed by atoms with Gasteiger partial charge < -0.3 is 10.4 Å². The average Bonchev–Trinajstić information content (AvgIpc) is 2.34. The van der Waals surface area contributed by atoms with Crippen LogP contribution in [-0.4, -0.2) is 23.0 Å². The molecule has 0 aliphatic carbocycles. The highest BCUT2D eigenvalue weighted by Crippen LogP contribution is 2.11. The Morgan fingerprint density at radius 3 is 2.20 bits per heavy atom. The third kappa shape index (κ3) is 5.03. The summed E-state index contributed by atoms with van der Waals surface area (Å²) in [5, 5.41) is 11.6. The number of hydrogen-bond donors (Lipinski definition) is 2. The molecule has 4 heteroatoms. The van der Waals surface area contributed by atoms with Gasteiger partial charge in [0.2, 0.25) is 5.91 Å². The zero-order valence-electron chi connectivity index (χ0n) is 12.6. The van der Waals surface area contributed by atoms with E-state index >= 15 is 0 Å². The van der Waals surface area contributed by atoms with Crippen LogP contribution in [0.1, 0.15) is 37.0 Å². The Bertz CT molecular complexity index is 476. The highest BCUT2D eigenvalue weighted by atomic mass is 16.4. The largest absolute Gasteiger partial charge is 0.481 e. The van der Waals surface area contributed by atoms with Crippen LogP contribution in [0.4, 0.5) is 0 Å². The second-order valence-electron chi connectivity index (χ2n) is 5.48. The standard InChI is InChI=1S/C16H23NO3/c1-10-7-11(2)9-14(8-10)5-6-15(18)17-13(4)12(3)16(19)20/h7-9,12-13H,5-6H2,1-4H3,(H,17,18)(H,19,20). The first-order valence-electron chi connectivity index (χ1n) is 6.89. The highest BCUT2D eigenvalue weighted by molar-refractivity contribution is 5.78. The Hall–Kier alpha value is -1.84. The molecule has 2 N–H and O–H groups in total. The van der Waals surface area contributed by atoms with Crippen molar-refractivity contribution in [3.63, 3.8) is 0 Å². The van der Waals surface area contributed by atoms with Gasteiger partial charge >= 0.3 is 5.97 Å². The Balaban J connectivity index is 2.49. The number of hydrogen-bond acceptors (Lipinski definition) is 2. The summed E-state index contributed by atoms with van der Waals surface area (Å²) in [5.41, 5.74) is 3.51. The lowest BCUT2D eigenvalue weighted by atomic mass is 10.0. The van der Waals surface area contributed by atoms with E-state index in [9.17, 15) is 9.59 Å². The molecule has 0 spiro atoms. The Kier molecular flexibility index (Phi) is 5.74. The predicted octanol–water partition coefficient (Wildman–Crippen LogP) is 2.46. The summed E-state index contributed by atoms with van der Waals surface area (Å²) in [6.45, 7) is 7.38. The molecule has 0 radical (unpaired) electrons. The predicted molar refractivity (Wildman–Crippen MR) is 78.6 cm³/mol. The van der Waals surface area contributed by atoms with Gasteiger partial charge in [0, 0.05) is 12.5 Å². The third-order valence-corrected chi connectivity index (χ3v) is 3.45. The molecule has 1 aromatic carbocycles. The SMILES string of the molecule is Cc1cc(C)cc(CCC(=O)NC(C)C(C)C(=O)O)c1. The second kappa shape index (κ2) is 7.08. The van der Waals surface area contributed by atoms with Crippen molar-refractivity contribution in [3.8, 4) is 0 Å². The van der Waals surface area contributed by atoms with Crippen LogP contribution < -0.4 is 5.32 Å². The average molecular weight is 277 g/mol. The number of aliphatic carboxylic acids is 1. The summed E-state index contributed by atoms with van der Waals surface area (Å²) in [7, 11) is 0. The van der Waals surface area contributed by atoms with Crippen LogP contribution in [0.2, 0.25) is 0 Å². The molecule has 0 saturated heterocycles. The maximum Gasteiger partial charge on any atom is 0.308 e. The maximum absolute atomic E-state index is 11.8. The molecule has 1 rings (SSSR count). The molecule has 20 heavy (non-hydrogen) atoms. The van der Waals surface area contributed by atoms with Crippen LogP contribution in [0.5, 0.6) is 0 Å². The molecule has 0 aromatic heterocycles. The number of carboxylic acids is 1. The topological polar surface area (TPSA) is 66.4 Å². The summed E-state index contributed by atoms with van der Waals surface area (Å²) >= 11 is 0. The van der Waals surface area contributed by atoms with Crippen LogP contribution in [0, 0.1) is 19.8 Å². The first kappa shape index (κ1) is 16.2. The molecule has 1 aromatic rings. The van der Waals surface area contributed by atoms with Gasteiger partial charge in [-0.1, -0.05) is 29.3 Å². The maximum atomic E-state index is 11.8. The Morgan fingerprint density at radius 2 is 1.70 bits per heavy atom. The number of nitrogens with one attached hydrogen (secondary N) is 1. The van der Waals surface area contributed by atoms with Crippen molar-refractivity contribution in [3.05, 3.63) is 34.9 Å². The Morgan fingerprint density at radius 1 is 1.15 bits per heavy atom. The highest BCUT2D eigenvalue weighted by Gasteiger charge is 2.20. The van der Waals surface area contributed by atoms with Gasteiger partial charge in [-0.3, -0.25) is 9.59 Å². The van der Waals surface area contributed by atoms with E-state index in [1.165, 1.54) is 11.1 Å². The molecular formula is C16H23NO3. The monoisotopic (exact) mass is 277 g/mol. The number of rotatable bonds is 6. The van der Waals surface area contributed by atoms with E-state index in [4.69, 9.17) is 5.11 Å². The summed E-state index contributed by atoms with van der Waals surface area (Å²) in [4.78, 5) is 22.6. The number of carbonyl (C=O) groups is 2. The fraction of sp³-hybridized carbons (Fsp3) is 0.500. The van der Waals surface area contributed by atoms with Crippen LogP contribution in [-0.2, 0) is 16.0 Å². The third-order valence-electron chi connectivity index (χ3n) is 3.45. The lowest BCUT2D eigenvalue weighted by Gasteiger charge is -2.17. The van der Waals surface area contributed by atoms with Crippen LogP contribution in [0.15, 0.2) is 18.2 Å². The summed E-state index contributed by atoms with van der Waals surface area (Å²) in [6, 6.07) is 5.88. The second-order valence-corrected chi connectivity index (χ2v) is 5.48. The zero-order valence-corrected chi connectivity index (χ0v) is 12.6. The lowest BCUT2D eigenvalue weighted by Crippen LogP contribution is -2.40. The first-order valence-corrected chi connectivity index (χ1v) is 6.89. The van der Waals surface area contributed by atoms with E-state index in [1.807, 2.05) is 13.8 Å². The molecule has 2 atom stereocenters. The molecule has 4 nitrogen and oxygen atoms in total. The van der Waals surface area contributed by atoms with E-state index in [0.717, 1.165) is 5.56 Å². The van der Waals surface area contributed by atoms with Crippen molar-refractivity contribution in [2.75, 3.05) is 0 Å². The van der Waals surface area contributed by atoms with Gasteiger partial charge in [0.15, 0.2) is 0 Å². The van der Waals surface area contributed by atoms with Gasteiger partial charge in [0.25, 0.3) is 0 Å². The van der Waals surface area contributed by atoms with Crippen molar-refractivity contribution in [1.82, 2.24) is 5.32 Å². The van der Waals surface area contributed by atoms with E-state index in [1.54, 1.807) is 13.8 Å². The molecule has 0 heterocycles. The molecular weight excluding hydrogens is 254 g/mol. The molecule has 110 valence electrons. The zero-order chi connectivity index (χ0) is 15.3. The van der Waals surface area contributed by atoms with Gasteiger partial charge in [-0.15, -0.1) is 0 Å². The van der Waals surface area contributed by atoms with Gasteiger partial charge in [-0.05, 0) is 39.7 Å². The quantitative estimate of drug-likeness (QED) is 0.839. The van der Waals surface area contributed by atoms with Crippen molar-refractivity contribution in [1.29, 1.82) is 0 Å². The van der Waals surface area contributed by atoms with Crippen molar-refractivity contribution < 1.29 is 14.7 Å². The minimum Gasteiger partial charge on any atom is -0.481 e. The summed E-state index contributed by atoms with van der Waals surface area (Å²) < 4.78 is 0. The van der Waals surface area contributed by atoms with E-state index in [-0.39, 0.29) is 11.9 Å². The summed E-state index contributed by atoms with van der Waals surface area (Å²) in [5.74, 6) is -1.59. The number of carbonyl (C=O) groups excluding carboxylic acids is 1. The number of aryl methyl sites for hydroxylation is 3. The van der Waals surface area contributed by atoms with E-state index < -0.39 is 11.9 Å². The molecule has 0 saturated carbocycles. The van der Waals surface area contributed by atoms with E-state index in [0.29, 0.717) is 12.8 Å². The molecule has 0 aliphatic rings. The lowest BCUT2D eigenvalue weighted by molar-refractivity contribution is -0.142. The van der Waals surface area contributed by atoms with Crippen LogP contribution in [0.25, 0.3) is 0 Å².